The zero-order chi connectivity index (χ0) is 29.4. The van der Waals surface area contributed by atoms with E-state index in [4.69, 9.17) is 0 Å². The first-order valence-corrected chi connectivity index (χ1v) is 14.6. The fourth-order valence-corrected chi connectivity index (χ4v) is 7.17. The minimum absolute atomic E-state index is 0.501. The highest BCUT2D eigenvalue weighted by atomic mass is 15.1. The maximum absolute atomic E-state index is 10.6. The van der Waals surface area contributed by atoms with E-state index in [0.717, 1.165) is 65.2 Å². The second-order valence-electron chi connectivity index (χ2n) is 11.1. The molecule has 0 aliphatic rings. The van der Waals surface area contributed by atoms with Crippen LogP contribution in [-0.4, -0.2) is 9.13 Å². The number of hydrogen-bond acceptors (Lipinski definition) is 2. The summed E-state index contributed by atoms with van der Waals surface area (Å²) in [6, 6.07) is 50.6. The summed E-state index contributed by atoms with van der Waals surface area (Å²) in [7, 11) is 0. The van der Waals surface area contributed by atoms with Crippen LogP contribution in [0.5, 0.6) is 0 Å². The highest BCUT2D eigenvalue weighted by molar-refractivity contribution is 6.23. The van der Waals surface area contributed by atoms with Crippen LogP contribution in [-0.2, 0) is 0 Å². The molecular weight excluding hydrogens is 536 g/mol. The van der Waals surface area contributed by atoms with E-state index in [1.54, 1.807) is 12.1 Å². The van der Waals surface area contributed by atoms with Crippen molar-refractivity contribution in [3.63, 3.8) is 0 Å². The van der Waals surface area contributed by atoms with E-state index in [0.29, 0.717) is 22.5 Å². The normalized spacial score (nSPS) is 11.6. The zero-order valence-electron chi connectivity index (χ0n) is 23.5. The zero-order valence-corrected chi connectivity index (χ0v) is 23.5. The molecule has 4 nitrogen and oxygen atoms in total. The van der Waals surface area contributed by atoms with Crippen LogP contribution in [0.15, 0.2) is 133 Å². The topological polar surface area (TPSA) is 57.4 Å². The van der Waals surface area contributed by atoms with E-state index >= 15 is 0 Å². The molecular formula is C40H22N4. The van der Waals surface area contributed by atoms with Gasteiger partial charge < -0.3 is 9.13 Å². The molecule has 4 heteroatoms. The van der Waals surface area contributed by atoms with Crippen molar-refractivity contribution >= 4 is 65.2 Å². The molecule has 202 valence electrons. The Kier molecular flexibility index (Phi) is 5.00. The largest absolute Gasteiger partial charge is 0.306 e. The van der Waals surface area contributed by atoms with Crippen LogP contribution < -0.4 is 0 Å². The predicted molar refractivity (Wildman–Crippen MR) is 180 cm³/mol. The summed E-state index contributed by atoms with van der Waals surface area (Å²) >= 11 is 0. The molecule has 0 fully saturated rings. The Morgan fingerprint density at radius 3 is 1.18 bits per heavy atom. The first kappa shape index (κ1) is 24.3. The molecule has 0 bridgehead atoms. The van der Waals surface area contributed by atoms with Gasteiger partial charge in [0.05, 0.1) is 44.6 Å². The van der Waals surface area contributed by atoms with Gasteiger partial charge in [0.25, 0.3) is 0 Å². The van der Waals surface area contributed by atoms with Crippen LogP contribution in [0.1, 0.15) is 11.1 Å². The van der Waals surface area contributed by atoms with Crippen LogP contribution in [0.25, 0.3) is 76.5 Å². The fourth-order valence-electron chi connectivity index (χ4n) is 7.17. The van der Waals surface area contributed by atoms with Gasteiger partial charge in [0.15, 0.2) is 0 Å². The van der Waals surface area contributed by atoms with Gasteiger partial charge in [-0.05, 0) is 57.9 Å². The van der Waals surface area contributed by atoms with E-state index < -0.39 is 0 Å². The lowest BCUT2D eigenvalue weighted by atomic mass is 10.0. The predicted octanol–water partition coefficient (Wildman–Crippen LogP) is 9.93. The Morgan fingerprint density at radius 1 is 0.364 bits per heavy atom. The fraction of sp³-hybridized carbons (Fsp3) is 0. The number of nitriles is 2. The van der Waals surface area contributed by atoms with Crippen LogP contribution in [0.3, 0.4) is 0 Å². The van der Waals surface area contributed by atoms with E-state index in [9.17, 15) is 10.5 Å². The Labute approximate surface area is 252 Å². The number of rotatable bonds is 2. The molecule has 2 aromatic heterocycles. The van der Waals surface area contributed by atoms with Gasteiger partial charge in [-0.3, -0.25) is 0 Å². The SMILES string of the molecule is N#Cc1ccc(C#N)c(-n2c3ccccc3c3c4ccccc4ccc32)c1-n1c2ccccc2c2c3ccccc3ccc21. The van der Waals surface area contributed by atoms with Gasteiger partial charge in [-0.15, -0.1) is 0 Å². The minimum Gasteiger partial charge on any atom is -0.306 e. The third kappa shape index (κ3) is 3.14. The Hall–Kier alpha value is -6.36. The Bertz CT molecular complexity index is 2550. The smallest absolute Gasteiger partial charge is 0.101 e. The summed E-state index contributed by atoms with van der Waals surface area (Å²) in [6.45, 7) is 0. The molecule has 9 aromatic rings. The summed E-state index contributed by atoms with van der Waals surface area (Å²) in [4.78, 5) is 0. The highest BCUT2D eigenvalue weighted by Crippen LogP contribution is 2.43. The number of aromatic nitrogens is 2. The van der Waals surface area contributed by atoms with Gasteiger partial charge in [0, 0.05) is 21.5 Å². The van der Waals surface area contributed by atoms with Crippen molar-refractivity contribution < 1.29 is 0 Å². The van der Waals surface area contributed by atoms with Gasteiger partial charge in [-0.1, -0.05) is 97.1 Å². The van der Waals surface area contributed by atoms with Crippen LogP contribution in [0.2, 0.25) is 0 Å². The maximum Gasteiger partial charge on any atom is 0.101 e. The molecule has 44 heavy (non-hydrogen) atoms. The first-order chi connectivity index (χ1) is 21.8. The average Bonchev–Trinajstić information content (AvgIpc) is 3.60. The lowest BCUT2D eigenvalue weighted by Gasteiger charge is -2.19. The van der Waals surface area contributed by atoms with E-state index in [-0.39, 0.29) is 0 Å². The summed E-state index contributed by atoms with van der Waals surface area (Å²) in [5.74, 6) is 0. The van der Waals surface area contributed by atoms with E-state index in [1.807, 2.05) is 12.1 Å². The van der Waals surface area contributed by atoms with Crippen molar-refractivity contribution in [3.8, 4) is 23.5 Å². The summed E-state index contributed by atoms with van der Waals surface area (Å²) in [5.41, 5.74) is 6.35. The summed E-state index contributed by atoms with van der Waals surface area (Å²) in [6.07, 6.45) is 0. The van der Waals surface area contributed by atoms with E-state index in [2.05, 4.69) is 130 Å². The van der Waals surface area contributed by atoms with Crippen LogP contribution in [0, 0.1) is 22.7 Å². The lowest BCUT2D eigenvalue weighted by molar-refractivity contribution is 1.08. The van der Waals surface area contributed by atoms with Gasteiger partial charge in [-0.25, -0.2) is 0 Å². The van der Waals surface area contributed by atoms with Crippen molar-refractivity contribution in [1.29, 1.82) is 10.5 Å². The van der Waals surface area contributed by atoms with Crippen molar-refractivity contribution in [1.82, 2.24) is 9.13 Å². The van der Waals surface area contributed by atoms with Gasteiger partial charge in [0.2, 0.25) is 0 Å². The Morgan fingerprint density at radius 2 is 0.750 bits per heavy atom. The monoisotopic (exact) mass is 558 g/mol. The van der Waals surface area contributed by atoms with Crippen LogP contribution >= 0.6 is 0 Å². The van der Waals surface area contributed by atoms with E-state index in [1.165, 1.54) is 0 Å². The third-order valence-electron chi connectivity index (χ3n) is 8.96. The number of benzene rings is 7. The van der Waals surface area contributed by atoms with Crippen molar-refractivity contribution in [2.45, 2.75) is 0 Å². The van der Waals surface area contributed by atoms with Crippen molar-refractivity contribution in [2.24, 2.45) is 0 Å². The molecule has 0 unspecified atom stereocenters. The number of fused-ring (bicyclic) bond motifs is 10. The van der Waals surface area contributed by atoms with Crippen LogP contribution in [0.4, 0.5) is 0 Å². The first-order valence-electron chi connectivity index (χ1n) is 14.6. The molecule has 9 rings (SSSR count). The van der Waals surface area contributed by atoms with Crippen molar-refractivity contribution in [2.75, 3.05) is 0 Å². The second-order valence-corrected chi connectivity index (χ2v) is 11.1. The highest BCUT2D eigenvalue weighted by Gasteiger charge is 2.25. The molecule has 2 heterocycles. The van der Waals surface area contributed by atoms with Gasteiger partial charge in [0.1, 0.15) is 12.1 Å². The third-order valence-corrected chi connectivity index (χ3v) is 8.96. The number of hydrogen-bond donors (Lipinski definition) is 0. The summed E-state index contributed by atoms with van der Waals surface area (Å²) in [5, 5.41) is 30.3. The molecule has 0 aliphatic heterocycles. The molecule has 0 saturated heterocycles. The quantitative estimate of drug-likeness (QED) is 0.212. The average molecular weight is 559 g/mol. The molecule has 0 radical (unpaired) electrons. The minimum atomic E-state index is 0.501. The number of para-hydroxylation sites is 2. The van der Waals surface area contributed by atoms with Crippen molar-refractivity contribution in [3.05, 3.63) is 145 Å². The second kappa shape index (κ2) is 9.07. The Balaban J connectivity index is 1.54. The van der Waals surface area contributed by atoms with Gasteiger partial charge >= 0.3 is 0 Å². The molecule has 0 aliphatic carbocycles. The number of nitrogens with zero attached hydrogens (tertiary/aromatic N) is 4. The lowest BCUT2D eigenvalue weighted by Crippen LogP contribution is -2.08. The molecule has 7 aromatic carbocycles. The molecule has 0 N–H and O–H groups in total. The molecule has 0 atom stereocenters. The molecule has 0 spiro atoms. The summed E-state index contributed by atoms with van der Waals surface area (Å²) < 4.78 is 4.38. The standard InChI is InChI=1S/C40H22N4/c41-23-27-17-18-28(24-42)40(44-34-16-8-6-14-32(34)38-30-12-4-2-10-26(30)20-22-36(38)44)39(27)43-33-15-7-5-13-31(33)37-29-11-3-1-9-25(29)19-21-35(37)43/h1-22H. The molecule has 0 saturated carbocycles. The molecule has 0 amide bonds. The maximum atomic E-state index is 10.6. The van der Waals surface area contributed by atoms with Gasteiger partial charge in [-0.2, -0.15) is 10.5 Å².